The molecular weight excluding hydrogens is 359 g/mol. The van der Waals surface area contributed by atoms with Gasteiger partial charge in [-0.3, -0.25) is 0 Å². The van der Waals surface area contributed by atoms with Gasteiger partial charge in [0, 0.05) is 19.5 Å². The van der Waals surface area contributed by atoms with E-state index in [9.17, 15) is 4.39 Å². The number of hydrogen-bond acceptors (Lipinski definition) is 2. The zero-order valence-electron chi connectivity index (χ0n) is 18.2. The van der Waals surface area contributed by atoms with Gasteiger partial charge < -0.3 is 4.90 Å². The minimum Gasteiger partial charge on any atom is -0.300 e. The smallest absolute Gasteiger partial charge is 0.136 e. The molecule has 1 aliphatic carbocycles. The topological polar surface area (TPSA) is 27.0 Å². The van der Waals surface area contributed by atoms with Gasteiger partial charge in [0.1, 0.15) is 5.67 Å². The molecule has 1 atom stereocenters. The lowest BCUT2D eigenvalue weighted by Gasteiger charge is -2.29. The summed E-state index contributed by atoms with van der Waals surface area (Å²) in [6.45, 7) is 8.29. The number of hydrogen-bond donors (Lipinski definition) is 0. The summed E-state index contributed by atoms with van der Waals surface area (Å²) in [5.41, 5.74) is 2.59. The van der Waals surface area contributed by atoms with Crippen LogP contribution in [0.3, 0.4) is 0 Å². The highest BCUT2D eigenvalue weighted by Crippen LogP contribution is 2.49. The van der Waals surface area contributed by atoms with Crippen LogP contribution in [0.2, 0.25) is 0 Å². The molecular formula is C26H35FN2. The molecule has 1 unspecified atom stereocenters. The van der Waals surface area contributed by atoms with Gasteiger partial charge >= 0.3 is 0 Å². The van der Waals surface area contributed by atoms with Crippen molar-refractivity contribution < 1.29 is 4.39 Å². The lowest BCUT2D eigenvalue weighted by atomic mass is 10.0. The Balaban J connectivity index is 0.000000941. The SMILES string of the molecule is CC#N.CCCN(CCc1ccccc1)C(C)CCc1ccc(C2(F)CC2)cc1. The minimum atomic E-state index is -1.01. The first-order valence-corrected chi connectivity index (χ1v) is 10.9. The summed E-state index contributed by atoms with van der Waals surface area (Å²) in [5, 5.41) is 7.32. The van der Waals surface area contributed by atoms with E-state index in [-0.39, 0.29) is 0 Å². The summed E-state index contributed by atoms with van der Waals surface area (Å²) in [7, 11) is 0. The average molecular weight is 395 g/mol. The first-order valence-electron chi connectivity index (χ1n) is 10.9. The van der Waals surface area contributed by atoms with Crippen molar-refractivity contribution in [3.8, 4) is 6.07 Å². The molecule has 3 rings (SSSR count). The molecule has 2 nitrogen and oxygen atoms in total. The fraction of sp³-hybridized carbons (Fsp3) is 0.500. The molecule has 0 bridgehead atoms. The van der Waals surface area contributed by atoms with E-state index in [2.05, 4.69) is 61.2 Å². The van der Waals surface area contributed by atoms with E-state index in [4.69, 9.17) is 5.26 Å². The van der Waals surface area contributed by atoms with Crippen LogP contribution in [0.1, 0.15) is 63.1 Å². The number of alkyl halides is 1. The lowest BCUT2D eigenvalue weighted by molar-refractivity contribution is 0.202. The number of benzene rings is 2. The maximum atomic E-state index is 14.1. The van der Waals surface area contributed by atoms with Gasteiger partial charge in [-0.25, -0.2) is 4.39 Å². The van der Waals surface area contributed by atoms with Crippen LogP contribution < -0.4 is 0 Å². The Bertz CT molecular complexity index is 745. The van der Waals surface area contributed by atoms with E-state index in [0.29, 0.717) is 18.9 Å². The number of rotatable bonds is 10. The van der Waals surface area contributed by atoms with Crippen LogP contribution in [-0.4, -0.2) is 24.0 Å². The van der Waals surface area contributed by atoms with Crippen molar-refractivity contribution in [3.05, 3.63) is 71.3 Å². The summed E-state index contributed by atoms with van der Waals surface area (Å²) in [5.74, 6) is 0. The predicted molar refractivity (Wildman–Crippen MR) is 120 cm³/mol. The van der Waals surface area contributed by atoms with Gasteiger partial charge in [-0.1, -0.05) is 61.5 Å². The summed E-state index contributed by atoms with van der Waals surface area (Å²) in [4.78, 5) is 2.61. The Hall–Kier alpha value is -2.18. The van der Waals surface area contributed by atoms with Crippen molar-refractivity contribution in [1.29, 1.82) is 5.26 Å². The molecule has 0 amide bonds. The van der Waals surface area contributed by atoms with Crippen LogP contribution in [0.5, 0.6) is 0 Å². The third-order valence-corrected chi connectivity index (χ3v) is 5.68. The largest absolute Gasteiger partial charge is 0.300 e. The molecule has 3 heteroatoms. The van der Waals surface area contributed by atoms with Crippen LogP contribution >= 0.6 is 0 Å². The van der Waals surface area contributed by atoms with E-state index in [0.717, 1.165) is 37.9 Å². The van der Waals surface area contributed by atoms with E-state index >= 15 is 0 Å². The van der Waals surface area contributed by atoms with Crippen molar-refractivity contribution in [2.45, 2.75) is 71.0 Å². The molecule has 0 aliphatic heterocycles. The molecule has 2 aromatic carbocycles. The predicted octanol–water partition coefficient (Wildman–Crippen LogP) is 6.45. The van der Waals surface area contributed by atoms with E-state index in [1.165, 1.54) is 24.5 Å². The molecule has 29 heavy (non-hydrogen) atoms. The summed E-state index contributed by atoms with van der Waals surface area (Å²) < 4.78 is 14.1. The molecule has 1 fully saturated rings. The van der Waals surface area contributed by atoms with E-state index in [1.807, 2.05) is 12.1 Å². The highest BCUT2D eigenvalue weighted by molar-refractivity contribution is 5.31. The Morgan fingerprint density at radius 1 is 1.00 bits per heavy atom. The van der Waals surface area contributed by atoms with Gasteiger partial charge in [-0.2, -0.15) is 5.26 Å². The second kappa shape index (κ2) is 11.7. The summed E-state index contributed by atoms with van der Waals surface area (Å²) in [6, 6.07) is 21.3. The van der Waals surface area contributed by atoms with E-state index < -0.39 is 5.67 Å². The second-order valence-electron chi connectivity index (χ2n) is 8.05. The van der Waals surface area contributed by atoms with Gasteiger partial charge in [0.05, 0.1) is 6.07 Å². The van der Waals surface area contributed by atoms with Gasteiger partial charge in [0.2, 0.25) is 0 Å². The molecule has 2 aromatic rings. The van der Waals surface area contributed by atoms with Gasteiger partial charge in [0.15, 0.2) is 0 Å². The maximum Gasteiger partial charge on any atom is 0.136 e. The lowest BCUT2D eigenvalue weighted by Crippen LogP contribution is -2.35. The Kier molecular flexibility index (Phi) is 9.35. The third-order valence-electron chi connectivity index (χ3n) is 5.68. The van der Waals surface area contributed by atoms with Crippen LogP contribution in [0.15, 0.2) is 54.6 Å². The second-order valence-corrected chi connectivity index (χ2v) is 8.05. The van der Waals surface area contributed by atoms with Gasteiger partial charge in [-0.05, 0) is 68.7 Å². The average Bonchev–Trinajstić information content (AvgIpc) is 3.49. The van der Waals surface area contributed by atoms with Crippen LogP contribution in [0, 0.1) is 11.3 Å². The molecule has 1 aliphatic rings. The van der Waals surface area contributed by atoms with Crippen LogP contribution in [0.25, 0.3) is 0 Å². The van der Waals surface area contributed by atoms with Crippen molar-refractivity contribution in [1.82, 2.24) is 4.90 Å². The molecule has 0 heterocycles. The van der Waals surface area contributed by atoms with Crippen LogP contribution in [0.4, 0.5) is 4.39 Å². The molecule has 0 radical (unpaired) electrons. The molecule has 1 saturated carbocycles. The van der Waals surface area contributed by atoms with Crippen molar-refractivity contribution in [2.24, 2.45) is 0 Å². The van der Waals surface area contributed by atoms with Gasteiger partial charge in [-0.15, -0.1) is 0 Å². The van der Waals surface area contributed by atoms with Gasteiger partial charge in [0.25, 0.3) is 0 Å². The normalized spacial score (nSPS) is 15.2. The molecule has 0 aromatic heterocycles. The number of nitriles is 1. The fourth-order valence-corrected chi connectivity index (χ4v) is 3.68. The minimum absolute atomic E-state index is 0.564. The monoisotopic (exact) mass is 394 g/mol. The third kappa shape index (κ3) is 7.63. The number of nitrogens with zero attached hydrogens (tertiary/aromatic N) is 2. The maximum absolute atomic E-state index is 14.1. The molecule has 0 saturated heterocycles. The van der Waals surface area contributed by atoms with Crippen LogP contribution in [-0.2, 0) is 18.5 Å². The summed E-state index contributed by atoms with van der Waals surface area (Å²) in [6.07, 6.45) is 5.89. The quantitative estimate of drug-likeness (QED) is 0.463. The van der Waals surface area contributed by atoms with Crippen molar-refractivity contribution in [3.63, 3.8) is 0 Å². The number of halogens is 1. The molecule has 0 spiro atoms. The zero-order valence-corrected chi connectivity index (χ0v) is 18.2. The summed E-state index contributed by atoms with van der Waals surface area (Å²) >= 11 is 0. The first kappa shape index (κ1) is 23.1. The first-order chi connectivity index (χ1) is 14.0. The Morgan fingerprint density at radius 2 is 1.59 bits per heavy atom. The molecule has 156 valence electrons. The van der Waals surface area contributed by atoms with Crippen molar-refractivity contribution >= 4 is 0 Å². The fourth-order valence-electron chi connectivity index (χ4n) is 3.68. The zero-order chi connectivity index (χ0) is 21.1. The Labute approximate surface area is 176 Å². The highest BCUT2D eigenvalue weighted by atomic mass is 19.1. The van der Waals surface area contributed by atoms with Crippen molar-refractivity contribution in [2.75, 3.05) is 13.1 Å². The molecule has 0 N–H and O–H groups in total. The number of aryl methyl sites for hydroxylation is 1. The standard InChI is InChI=1S/C24H32FN.C2H3N/c1-3-18-26(19-15-21-7-5-4-6-8-21)20(2)9-10-22-11-13-23(14-12-22)24(25)16-17-24;1-2-3/h4-8,11-14,20H,3,9-10,15-19H2,1-2H3;1H3. The Morgan fingerprint density at radius 3 is 2.14 bits per heavy atom. The van der Waals surface area contributed by atoms with E-state index in [1.54, 1.807) is 6.07 Å². The highest BCUT2D eigenvalue weighted by Gasteiger charge is 2.44.